The zero-order valence-electron chi connectivity index (χ0n) is 9.24. The first kappa shape index (κ1) is 12.4. The van der Waals surface area contributed by atoms with Crippen LogP contribution in [-0.4, -0.2) is 27.1 Å². The maximum absolute atomic E-state index is 10.9. The summed E-state index contributed by atoms with van der Waals surface area (Å²) in [6.07, 6.45) is 0.324. The number of aromatic nitrogens is 1. The Morgan fingerprint density at radius 1 is 1.28 bits per heavy atom. The minimum Gasteiger partial charge on any atom is -0.481 e. The van der Waals surface area contributed by atoms with Crippen LogP contribution in [-0.2, 0) is 11.2 Å². The van der Waals surface area contributed by atoms with E-state index in [1.165, 1.54) is 6.07 Å². The van der Waals surface area contributed by atoms with Gasteiger partial charge in [0.15, 0.2) is 0 Å². The molecule has 0 saturated carbocycles. The van der Waals surface area contributed by atoms with E-state index in [4.69, 9.17) is 21.8 Å². The summed E-state index contributed by atoms with van der Waals surface area (Å²) >= 11 is 5.97. The third-order valence-corrected chi connectivity index (χ3v) is 2.99. The van der Waals surface area contributed by atoms with Crippen molar-refractivity contribution in [2.24, 2.45) is 0 Å². The number of carboxylic acids is 2. The molecule has 0 saturated heterocycles. The number of aryl methyl sites for hydroxylation is 1. The van der Waals surface area contributed by atoms with Crippen molar-refractivity contribution in [2.75, 3.05) is 0 Å². The Bertz CT molecular complexity index is 632. The summed E-state index contributed by atoms with van der Waals surface area (Å²) < 4.78 is 0. The van der Waals surface area contributed by atoms with Crippen molar-refractivity contribution in [3.05, 3.63) is 34.5 Å². The Hall–Kier alpha value is -2.01. The largest absolute Gasteiger partial charge is 0.481 e. The van der Waals surface area contributed by atoms with Crippen LogP contribution >= 0.6 is 11.6 Å². The van der Waals surface area contributed by atoms with Gasteiger partial charge < -0.3 is 15.2 Å². The molecular weight excluding hydrogens is 258 g/mol. The first-order valence-corrected chi connectivity index (χ1v) is 5.62. The Morgan fingerprint density at radius 3 is 2.61 bits per heavy atom. The number of benzene rings is 1. The number of H-pyrrole nitrogens is 1. The molecule has 0 radical (unpaired) electrons. The van der Waals surface area contributed by atoms with Gasteiger partial charge in [-0.2, -0.15) is 0 Å². The molecule has 3 N–H and O–H groups in total. The molecule has 1 aromatic heterocycles. The second kappa shape index (κ2) is 4.70. The van der Waals surface area contributed by atoms with Gasteiger partial charge in [0.1, 0.15) is 5.69 Å². The number of carbonyl (C=O) groups is 2. The van der Waals surface area contributed by atoms with Crippen LogP contribution in [0.3, 0.4) is 0 Å². The molecule has 0 amide bonds. The highest BCUT2D eigenvalue weighted by Crippen LogP contribution is 2.28. The third kappa shape index (κ3) is 2.31. The highest BCUT2D eigenvalue weighted by Gasteiger charge is 2.13. The van der Waals surface area contributed by atoms with Crippen LogP contribution in [0.25, 0.3) is 10.9 Å². The molecule has 18 heavy (non-hydrogen) atoms. The number of hydrogen-bond acceptors (Lipinski definition) is 2. The molecule has 5 nitrogen and oxygen atoms in total. The van der Waals surface area contributed by atoms with Crippen molar-refractivity contribution in [1.82, 2.24) is 4.98 Å². The summed E-state index contributed by atoms with van der Waals surface area (Å²) in [5.41, 5.74) is 1.33. The Kier molecular flexibility index (Phi) is 3.25. The SMILES string of the molecule is O=C(O)CCc1ccc(Cl)c2[nH]c(C(=O)O)cc12. The molecule has 0 aliphatic carbocycles. The molecule has 0 fully saturated rings. The number of rotatable bonds is 4. The van der Waals surface area contributed by atoms with E-state index in [0.717, 1.165) is 5.56 Å². The summed E-state index contributed by atoms with van der Waals surface area (Å²) in [6.45, 7) is 0. The zero-order valence-corrected chi connectivity index (χ0v) is 9.99. The van der Waals surface area contributed by atoms with Gasteiger partial charge >= 0.3 is 11.9 Å². The number of aromatic amines is 1. The van der Waals surface area contributed by atoms with E-state index < -0.39 is 11.9 Å². The molecule has 6 heteroatoms. The van der Waals surface area contributed by atoms with Gasteiger partial charge in [0.05, 0.1) is 10.5 Å². The average molecular weight is 268 g/mol. The number of aromatic carboxylic acids is 1. The molecule has 0 aliphatic rings. The van der Waals surface area contributed by atoms with Crippen LogP contribution in [0.15, 0.2) is 18.2 Å². The van der Waals surface area contributed by atoms with E-state index in [9.17, 15) is 9.59 Å². The van der Waals surface area contributed by atoms with E-state index in [1.54, 1.807) is 12.1 Å². The Morgan fingerprint density at radius 2 is 2.00 bits per heavy atom. The number of halogens is 1. The van der Waals surface area contributed by atoms with Gasteiger partial charge in [0.2, 0.25) is 0 Å². The van der Waals surface area contributed by atoms with Crippen LogP contribution in [0.4, 0.5) is 0 Å². The molecule has 0 bridgehead atoms. The van der Waals surface area contributed by atoms with Crippen molar-refractivity contribution in [3.63, 3.8) is 0 Å². The topological polar surface area (TPSA) is 90.4 Å². The van der Waals surface area contributed by atoms with Crippen LogP contribution in [0.2, 0.25) is 5.02 Å². The molecule has 2 aromatic rings. The van der Waals surface area contributed by atoms with Crippen LogP contribution in [0.5, 0.6) is 0 Å². The predicted octanol–water partition coefficient (Wildman–Crippen LogP) is 2.54. The average Bonchev–Trinajstić information content (AvgIpc) is 2.74. The normalized spacial score (nSPS) is 10.7. The fraction of sp³-hybridized carbons (Fsp3) is 0.167. The molecule has 1 aromatic carbocycles. The summed E-state index contributed by atoms with van der Waals surface area (Å²) in [5.74, 6) is -1.97. The number of hydrogen-bond donors (Lipinski definition) is 3. The summed E-state index contributed by atoms with van der Waals surface area (Å²) in [7, 11) is 0. The quantitative estimate of drug-likeness (QED) is 0.794. The van der Waals surface area contributed by atoms with Gasteiger partial charge in [0, 0.05) is 11.8 Å². The molecule has 94 valence electrons. The number of aliphatic carboxylic acids is 1. The van der Waals surface area contributed by atoms with Crippen molar-refractivity contribution >= 4 is 34.4 Å². The predicted molar refractivity (Wildman–Crippen MR) is 66.2 cm³/mol. The molecule has 1 heterocycles. The van der Waals surface area contributed by atoms with E-state index in [1.807, 2.05) is 0 Å². The third-order valence-electron chi connectivity index (χ3n) is 2.67. The summed E-state index contributed by atoms with van der Waals surface area (Å²) in [6, 6.07) is 4.82. The zero-order chi connectivity index (χ0) is 13.3. The monoisotopic (exact) mass is 267 g/mol. The summed E-state index contributed by atoms with van der Waals surface area (Å²) in [5, 5.41) is 18.7. The van der Waals surface area contributed by atoms with Crippen LogP contribution in [0.1, 0.15) is 22.5 Å². The standard InChI is InChI=1S/C12H10ClNO4/c13-8-3-1-6(2-4-10(15)16)7-5-9(12(17)18)14-11(7)8/h1,3,5,14H,2,4H2,(H,15,16)(H,17,18). The highest BCUT2D eigenvalue weighted by atomic mass is 35.5. The van der Waals surface area contributed by atoms with Gasteiger partial charge in [-0.05, 0) is 24.1 Å². The number of carboxylic acid groups (broad SMARTS) is 2. The van der Waals surface area contributed by atoms with Crippen molar-refractivity contribution in [2.45, 2.75) is 12.8 Å². The number of nitrogens with one attached hydrogen (secondary N) is 1. The molecule has 2 rings (SSSR count). The van der Waals surface area contributed by atoms with Gasteiger partial charge in [-0.3, -0.25) is 4.79 Å². The summed E-state index contributed by atoms with van der Waals surface area (Å²) in [4.78, 5) is 24.2. The Balaban J connectivity index is 2.50. The van der Waals surface area contributed by atoms with Crippen LogP contribution in [0, 0.1) is 0 Å². The van der Waals surface area contributed by atoms with Crippen molar-refractivity contribution < 1.29 is 19.8 Å². The van der Waals surface area contributed by atoms with Gasteiger partial charge in [-0.1, -0.05) is 17.7 Å². The Labute approximate surface area is 107 Å². The van der Waals surface area contributed by atoms with E-state index in [-0.39, 0.29) is 12.1 Å². The van der Waals surface area contributed by atoms with Gasteiger partial charge in [-0.15, -0.1) is 0 Å². The van der Waals surface area contributed by atoms with Gasteiger partial charge in [0.25, 0.3) is 0 Å². The molecule has 0 unspecified atom stereocenters. The minimum atomic E-state index is -1.08. The van der Waals surface area contributed by atoms with Crippen molar-refractivity contribution in [1.29, 1.82) is 0 Å². The fourth-order valence-corrected chi connectivity index (χ4v) is 2.03. The first-order chi connectivity index (χ1) is 8.49. The fourth-order valence-electron chi connectivity index (χ4n) is 1.82. The maximum atomic E-state index is 10.9. The van der Waals surface area contributed by atoms with E-state index in [2.05, 4.69) is 4.98 Å². The molecule has 0 atom stereocenters. The molecular formula is C12H10ClNO4. The molecule has 0 aliphatic heterocycles. The minimum absolute atomic E-state index is 0.00961. The van der Waals surface area contributed by atoms with Crippen molar-refractivity contribution in [3.8, 4) is 0 Å². The van der Waals surface area contributed by atoms with E-state index >= 15 is 0 Å². The van der Waals surface area contributed by atoms with E-state index in [0.29, 0.717) is 22.3 Å². The second-order valence-electron chi connectivity index (χ2n) is 3.88. The smallest absolute Gasteiger partial charge is 0.352 e. The second-order valence-corrected chi connectivity index (χ2v) is 4.28. The highest BCUT2D eigenvalue weighted by molar-refractivity contribution is 6.35. The maximum Gasteiger partial charge on any atom is 0.352 e. The lowest BCUT2D eigenvalue weighted by Gasteiger charge is -2.02. The number of fused-ring (bicyclic) bond motifs is 1. The lowest BCUT2D eigenvalue weighted by Crippen LogP contribution is -1.97. The van der Waals surface area contributed by atoms with Gasteiger partial charge in [-0.25, -0.2) is 4.79 Å². The first-order valence-electron chi connectivity index (χ1n) is 5.24. The lowest BCUT2D eigenvalue weighted by atomic mass is 10.1. The lowest BCUT2D eigenvalue weighted by molar-refractivity contribution is -0.136. The van der Waals surface area contributed by atoms with Crippen LogP contribution < -0.4 is 0 Å². The molecule has 0 spiro atoms.